The van der Waals surface area contributed by atoms with Crippen molar-refractivity contribution in [2.75, 3.05) is 6.54 Å². The Hall–Kier alpha value is -0.700. The first-order valence-electron chi connectivity index (χ1n) is 4.29. The zero-order chi connectivity index (χ0) is 9.56. The zero-order valence-electron chi connectivity index (χ0n) is 7.96. The van der Waals surface area contributed by atoms with Crippen molar-refractivity contribution >= 4 is 12.1 Å². The lowest BCUT2D eigenvalue weighted by Crippen LogP contribution is -2.38. The van der Waals surface area contributed by atoms with Crippen LogP contribution in [-0.4, -0.2) is 24.7 Å². The summed E-state index contributed by atoms with van der Waals surface area (Å²) in [4.78, 5) is 21.1. The lowest BCUT2D eigenvalue weighted by molar-refractivity contribution is -0.116. The van der Waals surface area contributed by atoms with E-state index < -0.39 is 0 Å². The summed E-state index contributed by atoms with van der Waals surface area (Å²) >= 11 is 0. The molecular formula is C9H17NO2. The monoisotopic (exact) mass is 171 g/mol. The number of ketones is 1. The second-order valence-corrected chi connectivity index (χ2v) is 3.13. The Morgan fingerprint density at radius 3 is 2.50 bits per heavy atom. The highest BCUT2D eigenvalue weighted by Crippen LogP contribution is 2.04. The predicted octanol–water partition coefficient (Wildman–Crippen LogP) is 0.779. The molecule has 0 saturated heterocycles. The Kier molecular flexibility index (Phi) is 5.54. The Labute approximate surface area is 73.5 Å². The quantitative estimate of drug-likeness (QED) is 0.601. The lowest BCUT2D eigenvalue weighted by atomic mass is 10.0. The van der Waals surface area contributed by atoms with Crippen molar-refractivity contribution in [1.29, 1.82) is 0 Å². The van der Waals surface area contributed by atoms with Crippen LogP contribution in [0.4, 0.5) is 0 Å². The van der Waals surface area contributed by atoms with E-state index in [-0.39, 0.29) is 18.4 Å². The average Bonchev–Trinajstić information content (AvgIpc) is 2.04. The summed E-state index contributed by atoms with van der Waals surface area (Å²) in [5.74, 6) is 0.354. The van der Waals surface area contributed by atoms with E-state index in [1.54, 1.807) is 0 Å². The Morgan fingerprint density at radius 1 is 1.58 bits per heavy atom. The predicted molar refractivity (Wildman–Crippen MR) is 48.0 cm³/mol. The third-order valence-corrected chi connectivity index (χ3v) is 1.99. The normalized spacial score (nSPS) is 15.2. The molecule has 0 bridgehead atoms. The largest absolute Gasteiger partial charge is 0.302 e. The lowest BCUT2D eigenvalue weighted by Gasteiger charge is -2.17. The van der Waals surface area contributed by atoms with E-state index in [1.807, 2.05) is 13.8 Å². The molecule has 0 aliphatic rings. The maximum Gasteiger partial charge on any atom is 0.143 e. The molecule has 0 aromatic carbocycles. The van der Waals surface area contributed by atoms with Crippen LogP contribution in [0.1, 0.15) is 27.2 Å². The molecule has 0 saturated carbocycles. The van der Waals surface area contributed by atoms with Crippen LogP contribution in [0, 0.1) is 5.92 Å². The Bertz CT molecular complexity index is 157. The van der Waals surface area contributed by atoms with Gasteiger partial charge in [0, 0.05) is 0 Å². The van der Waals surface area contributed by atoms with Gasteiger partial charge in [0.25, 0.3) is 0 Å². The van der Waals surface area contributed by atoms with Crippen LogP contribution >= 0.6 is 0 Å². The highest BCUT2D eigenvalue weighted by molar-refractivity contribution is 5.78. The van der Waals surface area contributed by atoms with Gasteiger partial charge in [-0.15, -0.1) is 0 Å². The van der Waals surface area contributed by atoms with Gasteiger partial charge in [0.1, 0.15) is 12.1 Å². The van der Waals surface area contributed by atoms with Crippen molar-refractivity contribution < 1.29 is 9.59 Å². The van der Waals surface area contributed by atoms with E-state index in [1.165, 1.54) is 6.92 Å². The van der Waals surface area contributed by atoms with Crippen LogP contribution < -0.4 is 5.32 Å². The van der Waals surface area contributed by atoms with E-state index in [2.05, 4.69) is 5.32 Å². The first-order valence-corrected chi connectivity index (χ1v) is 4.29. The summed E-state index contributed by atoms with van der Waals surface area (Å²) in [5, 5.41) is 2.90. The van der Waals surface area contributed by atoms with E-state index in [9.17, 15) is 9.59 Å². The highest BCUT2D eigenvalue weighted by atomic mass is 16.1. The van der Waals surface area contributed by atoms with Gasteiger partial charge in [0.05, 0.1) is 12.6 Å². The minimum atomic E-state index is -0.182. The molecule has 0 aromatic heterocycles. The fourth-order valence-corrected chi connectivity index (χ4v) is 0.899. The Balaban J connectivity index is 3.82. The Morgan fingerprint density at radius 2 is 2.17 bits per heavy atom. The van der Waals surface area contributed by atoms with Crippen LogP contribution in [0.3, 0.4) is 0 Å². The molecule has 12 heavy (non-hydrogen) atoms. The van der Waals surface area contributed by atoms with Crippen molar-refractivity contribution in [3.63, 3.8) is 0 Å². The van der Waals surface area contributed by atoms with Gasteiger partial charge in [0.2, 0.25) is 0 Å². The molecule has 2 atom stereocenters. The summed E-state index contributed by atoms with van der Waals surface area (Å²) in [7, 11) is 0. The van der Waals surface area contributed by atoms with E-state index >= 15 is 0 Å². The summed E-state index contributed by atoms with van der Waals surface area (Å²) in [6, 6.07) is -0.182. The number of rotatable bonds is 6. The highest BCUT2D eigenvalue weighted by Gasteiger charge is 2.13. The maximum absolute atomic E-state index is 10.6. The van der Waals surface area contributed by atoms with Crippen LogP contribution in [-0.2, 0) is 9.59 Å². The van der Waals surface area contributed by atoms with E-state index in [0.29, 0.717) is 5.92 Å². The molecule has 0 radical (unpaired) electrons. The third-order valence-electron chi connectivity index (χ3n) is 1.99. The van der Waals surface area contributed by atoms with Gasteiger partial charge in [-0.05, 0) is 12.8 Å². The van der Waals surface area contributed by atoms with Crippen molar-refractivity contribution in [2.45, 2.75) is 33.2 Å². The van der Waals surface area contributed by atoms with Crippen LogP contribution in [0.5, 0.6) is 0 Å². The van der Waals surface area contributed by atoms with Crippen LogP contribution in [0.25, 0.3) is 0 Å². The molecule has 0 amide bonds. The van der Waals surface area contributed by atoms with Gasteiger partial charge in [0.15, 0.2) is 0 Å². The standard InChI is InChI=1S/C9H17NO2/c1-4-7(2)9(6-11)10-5-8(3)12/h6-7,9-10H,4-5H2,1-3H3. The van der Waals surface area contributed by atoms with Crippen molar-refractivity contribution in [2.24, 2.45) is 5.92 Å². The summed E-state index contributed by atoms with van der Waals surface area (Å²) in [6.45, 7) is 5.81. The first kappa shape index (κ1) is 11.3. The fraction of sp³-hybridized carbons (Fsp3) is 0.778. The average molecular weight is 171 g/mol. The summed E-state index contributed by atoms with van der Waals surface area (Å²) in [5.41, 5.74) is 0. The first-order chi connectivity index (χ1) is 5.61. The molecule has 0 aliphatic heterocycles. The molecular weight excluding hydrogens is 154 g/mol. The van der Waals surface area contributed by atoms with Crippen LogP contribution in [0.15, 0.2) is 0 Å². The maximum atomic E-state index is 10.6. The number of carbonyl (C=O) groups is 2. The molecule has 0 heterocycles. The minimum Gasteiger partial charge on any atom is -0.302 e. The van der Waals surface area contributed by atoms with Crippen molar-refractivity contribution in [3.8, 4) is 0 Å². The van der Waals surface area contributed by atoms with E-state index in [0.717, 1.165) is 12.7 Å². The minimum absolute atomic E-state index is 0.0603. The topological polar surface area (TPSA) is 46.2 Å². The molecule has 3 heteroatoms. The number of nitrogens with one attached hydrogen (secondary N) is 1. The van der Waals surface area contributed by atoms with Gasteiger partial charge in [-0.2, -0.15) is 0 Å². The molecule has 1 N–H and O–H groups in total. The summed E-state index contributed by atoms with van der Waals surface area (Å²) < 4.78 is 0. The number of aldehydes is 1. The van der Waals surface area contributed by atoms with Crippen molar-refractivity contribution in [1.82, 2.24) is 5.32 Å². The number of carbonyl (C=O) groups excluding carboxylic acids is 2. The van der Waals surface area contributed by atoms with Gasteiger partial charge in [-0.25, -0.2) is 0 Å². The number of hydrogen-bond donors (Lipinski definition) is 1. The molecule has 0 rings (SSSR count). The second-order valence-electron chi connectivity index (χ2n) is 3.13. The fourth-order valence-electron chi connectivity index (χ4n) is 0.899. The summed E-state index contributed by atoms with van der Waals surface area (Å²) in [6.07, 6.45) is 1.81. The van der Waals surface area contributed by atoms with Gasteiger partial charge >= 0.3 is 0 Å². The molecule has 70 valence electrons. The van der Waals surface area contributed by atoms with Crippen LogP contribution in [0.2, 0.25) is 0 Å². The molecule has 2 unspecified atom stereocenters. The second kappa shape index (κ2) is 5.89. The van der Waals surface area contributed by atoms with Crippen molar-refractivity contribution in [3.05, 3.63) is 0 Å². The van der Waals surface area contributed by atoms with E-state index in [4.69, 9.17) is 0 Å². The molecule has 0 fully saturated rings. The smallest absolute Gasteiger partial charge is 0.143 e. The number of hydrogen-bond acceptors (Lipinski definition) is 3. The molecule has 0 aromatic rings. The molecule has 3 nitrogen and oxygen atoms in total. The van der Waals surface area contributed by atoms with Gasteiger partial charge < -0.3 is 10.1 Å². The molecule has 0 spiro atoms. The molecule has 0 aliphatic carbocycles. The number of Topliss-reactive ketones (excluding diaryl/α,β-unsaturated/α-hetero) is 1. The SMILES string of the molecule is CCC(C)C(C=O)NCC(C)=O. The third kappa shape index (κ3) is 4.23. The zero-order valence-corrected chi connectivity index (χ0v) is 7.96. The van der Waals surface area contributed by atoms with Gasteiger partial charge in [-0.3, -0.25) is 4.79 Å². The van der Waals surface area contributed by atoms with Gasteiger partial charge in [-0.1, -0.05) is 20.3 Å².